The minimum Gasteiger partial charge on any atom is -0.490 e. The van der Waals surface area contributed by atoms with E-state index >= 15 is 0 Å². The van der Waals surface area contributed by atoms with E-state index in [9.17, 15) is 19.4 Å². The Morgan fingerprint density at radius 1 is 0.723 bits per heavy atom. The van der Waals surface area contributed by atoms with E-state index < -0.39 is 29.3 Å². The first-order valence-corrected chi connectivity index (χ1v) is 16.2. The smallest absolute Gasteiger partial charge is 0.244 e. The Morgan fingerprint density at radius 2 is 1.17 bits per heavy atom. The van der Waals surface area contributed by atoms with Crippen molar-refractivity contribution in [1.29, 1.82) is 0 Å². The maximum Gasteiger partial charge on any atom is 0.244 e. The van der Waals surface area contributed by atoms with Crippen LogP contribution in [0.2, 0.25) is 0 Å². The van der Waals surface area contributed by atoms with Crippen LogP contribution < -0.4 is 33.7 Å². The van der Waals surface area contributed by atoms with Crippen molar-refractivity contribution in [2.45, 2.75) is 58.2 Å². The lowest BCUT2D eigenvalue weighted by atomic mass is 9.69. The molecule has 0 fully saturated rings. The molecule has 10 nitrogen and oxygen atoms in total. The van der Waals surface area contributed by atoms with Crippen LogP contribution in [-0.4, -0.2) is 68.0 Å². The first-order valence-electron chi connectivity index (χ1n) is 16.2. The number of fused-ring (bicyclic) bond motifs is 3. The fourth-order valence-electron chi connectivity index (χ4n) is 6.53. The molecule has 0 saturated heterocycles. The van der Waals surface area contributed by atoms with Crippen molar-refractivity contribution in [3.63, 3.8) is 0 Å². The normalized spacial score (nSPS) is 17.3. The largest absolute Gasteiger partial charge is 0.490 e. The van der Waals surface area contributed by atoms with Crippen molar-refractivity contribution < 1.29 is 47.8 Å². The highest BCUT2D eigenvalue weighted by Gasteiger charge is 2.54. The van der Waals surface area contributed by atoms with Crippen LogP contribution in [0.1, 0.15) is 57.2 Å². The van der Waals surface area contributed by atoms with Gasteiger partial charge in [-0.15, -0.1) is 0 Å². The van der Waals surface area contributed by atoms with Gasteiger partial charge < -0.3 is 44.0 Å². The Kier molecular flexibility index (Phi) is 9.39. The van der Waals surface area contributed by atoms with Gasteiger partial charge in [0.25, 0.3) is 0 Å². The number of benzene rings is 3. The molecule has 0 aromatic heterocycles. The van der Waals surface area contributed by atoms with Crippen molar-refractivity contribution in [2.75, 3.05) is 45.0 Å². The molecule has 11 heteroatoms. The van der Waals surface area contributed by atoms with Crippen LogP contribution in [0.5, 0.6) is 34.5 Å². The molecule has 0 saturated carbocycles. The molecule has 3 N–H and O–H groups in total. The maximum atomic E-state index is 14.7. The van der Waals surface area contributed by atoms with E-state index in [1.165, 1.54) is 12.1 Å². The molecule has 252 valence electrons. The molecule has 0 spiro atoms. The molecule has 47 heavy (non-hydrogen) atoms. The highest BCUT2D eigenvalue weighted by Crippen LogP contribution is 2.56. The first kappa shape index (κ1) is 32.7. The quantitative estimate of drug-likeness (QED) is 0.242. The van der Waals surface area contributed by atoms with E-state index in [-0.39, 0.29) is 42.2 Å². The molecule has 0 aliphatic carbocycles. The Balaban J connectivity index is 1.59. The predicted molar refractivity (Wildman–Crippen MR) is 172 cm³/mol. The van der Waals surface area contributed by atoms with Crippen molar-refractivity contribution in [3.8, 4) is 34.5 Å². The van der Waals surface area contributed by atoms with E-state index in [1.54, 1.807) is 30.3 Å². The summed E-state index contributed by atoms with van der Waals surface area (Å²) in [6.45, 7) is 9.18. The molecule has 3 aromatic carbocycles. The van der Waals surface area contributed by atoms with Gasteiger partial charge >= 0.3 is 0 Å². The highest BCUT2D eigenvalue weighted by molar-refractivity contribution is 6.12. The number of carbonyl (C=O) groups excluding carboxylic acids is 1. The number of anilines is 1. The number of hydrogen-bond donors (Lipinski definition) is 3. The molecule has 1 amide bonds. The summed E-state index contributed by atoms with van der Waals surface area (Å²) in [5.41, 5.74) is -0.240. The van der Waals surface area contributed by atoms with E-state index in [0.29, 0.717) is 79.0 Å². The lowest BCUT2D eigenvalue weighted by molar-refractivity contribution is -0.118. The number of rotatable bonds is 12. The summed E-state index contributed by atoms with van der Waals surface area (Å²) in [6.07, 6.45) is -0.540. The zero-order valence-electron chi connectivity index (χ0n) is 27.1. The van der Waals surface area contributed by atoms with E-state index in [1.807, 2.05) is 27.7 Å². The third-order valence-electron chi connectivity index (χ3n) is 8.42. The molecule has 3 aliphatic heterocycles. The SMILES string of the molecule is CC(C)C[C@@H](O)COc1cc2c(cc1C1(c3cc4c(cc3OC[C@H](O)CC(C)C)OCCO4)C(=O)Nc3cc(F)ccc31)OCCO2. The lowest BCUT2D eigenvalue weighted by Crippen LogP contribution is -2.39. The number of aliphatic hydroxyl groups excluding tert-OH is 2. The van der Waals surface area contributed by atoms with E-state index in [2.05, 4.69) is 5.32 Å². The molecule has 3 heterocycles. The molecule has 3 aliphatic rings. The number of aliphatic hydroxyl groups is 2. The minimum atomic E-state index is -1.69. The Bertz CT molecular complexity index is 1540. The van der Waals surface area contributed by atoms with Crippen LogP contribution in [0, 0.1) is 17.7 Å². The van der Waals surface area contributed by atoms with Gasteiger partial charge in [-0.3, -0.25) is 4.79 Å². The zero-order chi connectivity index (χ0) is 33.3. The minimum absolute atomic E-state index is 0.0509. The van der Waals surface area contributed by atoms with Crippen LogP contribution in [0.25, 0.3) is 0 Å². The van der Waals surface area contributed by atoms with Gasteiger partial charge in [0, 0.05) is 34.5 Å². The number of carbonyl (C=O) groups is 1. The standard InChI is InChI=1S/C36H42FNO9/c1-20(2)11-23(39)18-46-29-16-33-31(42-7-9-44-33)14-26(29)36(25-6-5-22(37)13-28(25)38-35(36)41)27-15-32-34(45-10-8-43-32)17-30(27)47-19-24(40)12-21(3)4/h5-6,13-17,20-21,23-24,39-40H,7-12,18-19H2,1-4H3,(H,38,41)/t23-,24-/m1/s1. The molecule has 3 aromatic rings. The lowest BCUT2D eigenvalue weighted by Gasteiger charge is -2.34. The van der Waals surface area contributed by atoms with Gasteiger partial charge in [-0.1, -0.05) is 33.8 Å². The van der Waals surface area contributed by atoms with Crippen LogP contribution in [0.4, 0.5) is 10.1 Å². The summed E-state index contributed by atoms with van der Waals surface area (Å²) >= 11 is 0. The average Bonchev–Trinajstić information content (AvgIpc) is 3.32. The predicted octanol–water partition coefficient (Wildman–Crippen LogP) is 5.23. The average molecular weight is 652 g/mol. The second kappa shape index (κ2) is 13.5. The van der Waals surface area contributed by atoms with Crippen molar-refractivity contribution in [2.24, 2.45) is 11.8 Å². The highest BCUT2D eigenvalue weighted by atomic mass is 19.1. The third kappa shape index (κ3) is 6.51. The summed E-state index contributed by atoms with van der Waals surface area (Å²) in [5.74, 6) is 1.63. The molecule has 6 rings (SSSR count). The van der Waals surface area contributed by atoms with Gasteiger partial charge in [-0.25, -0.2) is 4.39 Å². The number of amides is 1. The van der Waals surface area contributed by atoms with Gasteiger partial charge in [-0.2, -0.15) is 0 Å². The maximum absolute atomic E-state index is 14.7. The molecule has 2 atom stereocenters. The summed E-state index contributed by atoms with van der Waals surface area (Å²) in [6, 6.07) is 10.8. The van der Waals surface area contributed by atoms with Crippen molar-refractivity contribution >= 4 is 11.6 Å². The summed E-state index contributed by atoms with van der Waals surface area (Å²) in [7, 11) is 0. The van der Waals surface area contributed by atoms with Gasteiger partial charge in [0.2, 0.25) is 5.91 Å². The topological polar surface area (TPSA) is 125 Å². The van der Waals surface area contributed by atoms with Gasteiger partial charge in [-0.05, 0) is 48.9 Å². The zero-order valence-corrected chi connectivity index (χ0v) is 27.1. The Morgan fingerprint density at radius 3 is 1.62 bits per heavy atom. The monoisotopic (exact) mass is 651 g/mol. The molecule has 0 unspecified atom stereocenters. The Labute approximate surface area is 273 Å². The van der Waals surface area contributed by atoms with E-state index in [0.717, 1.165) is 0 Å². The van der Waals surface area contributed by atoms with Gasteiger partial charge in [0.05, 0.1) is 12.2 Å². The van der Waals surface area contributed by atoms with Crippen molar-refractivity contribution in [3.05, 3.63) is 65.0 Å². The fraction of sp³-hybridized carbons (Fsp3) is 0.472. The second-order valence-electron chi connectivity index (χ2n) is 13.1. The summed E-state index contributed by atoms with van der Waals surface area (Å²) in [5, 5.41) is 24.5. The second-order valence-corrected chi connectivity index (χ2v) is 13.1. The van der Waals surface area contributed by atoms with Crippen molar-refractivity contribution in [1.82, 2.24) is 0 Å². The first-order chi connectivity index (χ1) is 22.6. The van der Waals surface area contributed by atoms with Crippen LogP contribution in [-0.2, 0) is 10.2 Å². The molecule has 0 bridgehead atoms. The fourth-order valence-corrected chi connectivity index (χ4v) is 6.53. The number of halogens is 1. The molecule has 0 radical (unpaired) electrons. The van der Waals surface area contributed by atoms with Crippen LogP contribution in [0.15, 0.2) is 42.5 Å². The number of nitrogens with one attached hydrogen (secondary N) is 1. The number of ether oxygens (including phenoxy) is 6. The molecular weight excluding hydrogens is 609 g/mol. The summed E-state index contributed by atoms with van der Waals surface area (Å²) < 4.78 is 51.1. The van der Waals surface area contributed by atoms with Gasteiger partial charge in [0.1, 0.15) is 62.4 Å². The van der Waals surface area contributed by atoms with Gasteiger partial charge in [0.15, 0.2) is 23.0 Å². The van der Waals surface area contributed by atoms with Crippen LogP contribution in [0.3, 0.4) is 0 Å². The van der Waals surface area contributed by atoms with E-state index in [4.69, 9.17) is 28.4 Å². The van der Waals surface area contributed by atoms with Crippen LogP contribution >= 0.6 is 0 Å². The summed E-state index contributed by atoms with van der Waals surface area (Å²) in [4.78, 5) is 14.7. The third-order valence-corrected chi connectivity index (χ3v) is 8.42. The number of hydrogen-bond acceptors (Lipinski definition) is 9. The Hall–Kier alpha value is -4.22. The molecular formula is C36H42FNO9.